The highest BCUT2D eigenvalue weighted by molar-refractivity contribution is 7.19. The molecule has 9 heteroatoms. The van der Waals surface area contributed by atoms with Crippen LogP contribution in [0, 0.1) is 5.82 Å². The number of rotatable bonds is 4. The number of aromatic nitrogens is 5. The highest BCUT2D eigenvalue weighted by Crippen LogP contribution is 2.37. The lowest BCUT2D eigenvalue weighted by Gasteiger charge is -2.10. The summed E-state index contributed by atoms with van der Waals surface area (Å²) in [6, 6.07) is 22.4. The van der Waals surface area contributed by atoms with Gasteiger partial charge < -0.3 is 0 Å². The molecule has 0 N–H and O–H groups in total. The average molecular weight is 506 g/mol. The summed E-state index contributed by atoms with van der Waals surface area (Å²) in [7, 11) is 0. The fraction of sp³-hybridized carbons (Fsp3) is 0.0400. The first-order chi connectivity index (χ1) is 16.6. The third-order valence-electron chi connectivity index (χ3n) is 5.49. The Labute approximate surface area is 207 Å². The molecule has 5 nitrogen and oxygen atoms in total. The Morgan fingerprint density at radius 2 is 1.65 bits per heavy atom. The monoisotopic (exact) mass is 505 g/mol. The van der Waals surface area contributed by atoms with Crippen LogP contribution in [0.3, 0.4) is 0 Å². The zero-order valence-electron chi connectivity index (χ0n) is 17.4. The van der Waals surface area contributed by atoms with E-state index in [0.717, 1.165) is 32.9 Å². The molecule has 0 unspecified atom stereocenters. The standard InChI is InChI=1S/C25H14Cl2FN5S/c26-18-13-19(27)20(28)11-17(18)22-12-16(15-8-4-5-9-21(15)29-22)24-32-33-23(30-31-25(33)34-24)10-14-6-2-1-3-7-14/h1-9,11-13H,10H2. The molecule has 0 aliphatic rings. The van der Waals surface area contributed by atoms with Gasteiger partial charge in [0.25, 0.3) is 0 Å². The summed E-state index contributed by atoms with van der Waals surface area (Å²) in [6.07, 6.45) is 0.618. The van der Waals surface area contributed by atoms with Crippen LogP contribution >= 0.6 is 34.5 Å². The summed E-state index contributed by atoms with van der Waals surface area (Å²) < 4.78 is 16.0. The largest absolute Gasteiger partial charge is 0.248 e. The van der Waals surface area contributed by atoms with Crippen LogP contribution in [0.1, 0.15) is 11.4 Å². The van der Waals surface area contributed by atoms with Crippen LogP contribution in [-0.4, -0.2) is 24.8 Å². The fourth-order valence-electron chi connectivity index (χ4n) is 3.86. The van der Waals surface area contributed by atoms with Gasteiger partial charge in [0.1, 0.15) is 10.8 Å². The van der Waals surface area contributed by atoms with Crippen molar-refractivity contribution >= 4 is 50.4 Å². The second-order valence-corrected chi connectivity index (χ2v) is 9.47. The minimum absolute atomic E-state index is 0.0330. The zero-order chi connectivity index (χ0) is 23.2. The molecule has 166 valence electrons. The number of para-hydroxylation sites is 1. The Balaban J connectivity index is 1.51. The van der Waals surface area contributed by atoms with Gasteiger partial charge in [-0.15, -0.1) is 10.2 Å². The topological polar surface area (TPSA) is 56.0 Å². The lowest BCUT2D eigenvalue weighted by molar-refractivity contribution is 0.628. The SMILES string of the molecule is Fc1cc(-c2cc(-c3nn4c(Cc5ccccc5)nnc4s3)c3ccccc3n2)c(Cl)cc1Cl. The summed E-state index contributed by atoms with van der Waals surface area (Å²) in [5.74, 6) is 0.201. The number of pyridine rings is 1. The molecular formula is C25H14Cl2FN5S. The maximum Gasteiger partial charge on any atom is 0.234 e. The van der Waals surface area contributed by atoms with Gasteiger partial charge in [0.2, 0.25) is 4.96 Å². The van der Waals surface area contributed by atoms with E-state index >= 15 is 0 Å². The van der Waals surface area contributed by atoms with Crippen molar-refractivity contribution in [3.05, 3.63) is 100 Å². The van der Waals surface area contributed by atoms with Crippen LogP contribution in [0.5, 0.6) is 0 Å². The van der Waals surface area contributed by atoms with E-state index in [0.29, 0.717) is 27.7 Å². The molecule has 3 aromatic carbocycles. The van der Waals surface area contributed by atoms with E-state index in [1.165, 1.54) is 23.5 Å². The minimum atomic E-state index is -0.554. The smallest absolute Gasteiger partial charge is 0.234 e. The van der Waals surface area contributed by atoms with Gasteiger partial charge in [0.05, 0.1) is 21.3 Å². The number of halogens is 3. The van der Waals surface area contributed by atoms with Crippen molar-refractivity contribution < 1.29 is 4.39 Å². The van der Waals surface area contributed by atoms with Gasteiger partial charge in [-0.05, 0) is 29.8 Å². The van der Waals surface area contributed by atoms with Crippen LogP contribution < -0.4 is 0 Å². The first kappa shape index (κ1) is 21.2. The van der Waals surface area contributed by atoms with E-state index in [1.54, 1.807) is 4.52 Å². The molecule has 0 amide bonds. The molecule has 3 aromatic heterocycles. The van der Waals surface area contributed by atoms with Crippen molar-refractivity contribution in [3.63, 3.8) is 0 Å². The molecule has 6 aromatic rings. The van der Waals surface area contributed by atoms with E-state index < -0.39 is 5.82 Å². The molecule has 0 aliphatic carbocycles. The summed E-state index contributed by atoms with van der Waals surface area (Å²) >= 11 is 13.7. The van der Waals surface area contributed by atoms with Gasteiger partial charge in [0, 0.05) is 22.9 Å². The summed E-state index contributed by atoms with van der Waals surface area (Å²) in [5, 5.41) is 15.4. The Morgan fingerprint density at radius 3 is 2.50 bits per heavy atom. The zero-order valence-corrected chi connectivity index (χ0v) is 19.7. The molecule has 0 fully saturated rings. The predicted molar refractivity (Wildman–Crippen MR) is 134 cm³/mol. The van der Waals surface area contributed by atoms with E-state index in [9.17, 15) is 4.39 Å². The molecule has 0 saturated carbocycles. The van der Waals surface area contributed by atoms with Gasteiger partial charge in [-0.25, -0.2) is 9.37 Å². The van der Waals surface area contributed by atoms with E-state index in [-0.39, 0.29) is 5.02 Å². The van der Waals surface area contributed by atoms with Gasteiger partial charge in [-0.3, -0.25) is 0 Å². The molecule has 0 saturated heterocycles. The van der Waals surface area contributed by atoms with Crippen molar-refractivity contribution in [2.75, 3.05) is 0 Å². The Morgan fingerprint density at radius 1 is 0.853 bits per heavy atom. The lowest BCUT2D eigenvalue weighted by Crippen LogP contribution is -1.98. The second kappa shape index (κ2) is 8.43. The average Bonchev–Trinajstić information content (AvgIpc) is 3.43. The first-order valence-corrected chi connectivity index (χ1v) is 11.9. The normalized spacial score (nSPS) is 11.5. The molecule has 0 bridgehead atoms. The fourth-order valence-corrected chi connectivity index (χ4v) is 5.23. The molecule has 0 atom stereocenters. The maximum atomic E-state index is 14.3. The van der Waals surface area contributed by atoms with Crippen molar-refractivity contribution in [2.24, 2.45) is 0 Å². The lowest BCUT2D eigenvalue weighted by atomic mass is 10.0. The Kier molecular flexibility index (Phi) is 5.25. The summed E-state index contributed by atoms with van der Waals surface area (Å²) in [4.78, 5) is 5.42. The molecule has 6 rings (SSSR count). The molecule has 3 heterocycles. The first-order valence-electron chi connectivity index (χ1n) is 10.4. The maximum absolute atomic E-state index is 14.3. The van der Waals surface area contributed by atoms with Crippen LogP contribution in [0.4, 0.5) is 4.39 Å². The summed E-state index contributed by atoms with van der Waals surface area (Å²) in [5.41, 5.74) is 3.72. The van der Waals surface area contributed by atoms with Gasteiger partial charge in [-0.1, -0.05) is 83.1 Å². The molecule has 0 aliphatic heterocycles. The van der Waals surface area contributed by atoms with Crippen LogP contribution in [0.15, 0.2) is 72.8 Å². The minimum Gasteiger partial charge on any atom is -0.248 e. The number of hydrogen-bond acceptors (Lipinski definition) is 5. The molecule has 0 radical (unpaired) electrons. The van der Waals surface area contributed by atoms with Crippen molar-refractivity contribution in [2.45, 2.75) is 6.42 Å². The Bertz CT molecular complexity index is 1680. The van der Waals surface area contributed by atoms with E-state index in [1.807, 2.05) is 60.7 Å². The van der Waals surface area contributed by atoms with Crippen LogP contribution in [-0.2, 0) is 6.42 Å². The van der Waals surface area contributed by atoms with Gasteiger partial charge in [0.15, 0.2) is 5.82 Å². The molecular weight excluding hydrogens is 492 g/mol. The van der Waals surface area contributed by atoms with Crippen molar-refractivity contribution in [3.8, 4) is 21.8 Å². The van der Waals surface area contributed by atoms with Crippen molar-refractivity contribution in [1.29, 1.82) is 0 Å². The van der Waals surface area contributed by atoms with Gasteiger partial charge >= 0.3 is 0 Å². The number of nitrogens with zero attached hydrogens (tertiary/aromatic N) is 5. The number of hydrogen-bond donors (Lipinski definition) is 0. The second-order valence-electron chi connectivity index (χ2n) is 7.70. The summed E-state index contributed by atoms with van der Waals surface area (Å²) in [6.45, 7) is 0. The third-order valence-corrected chi connectivity index (χ3v) is 7.03. The Hall–Kier alpha value is -3.39. The molecule has 0 spiro atoms. The van der Waals surface area contributed by atoms with E-state index in [4.69, 9.17) is 33.3 Å². The number of fused-ring (bicyclic) bond motifs is 2. The molecule has 34 heavy (non-hydrogen) atoms. The van der Waals surface area contributed by atoms with Crippen LogP contribution in [0.2, 0.25) is 10.0 Å². The van der Waals surface area contributed by atoms with E-state index in [2.05, 4.69) is 10.2 Å². The predicted octanol–water partition coefficient (Wildman–Crippen LogP) is 7.10. The third kappa shape index (κ3) is 3.72. The highest BCUT2D eigenvalue weighted by atomic mass is 35.5. The van der Waals surface area contributed by atoms with Gasteiger partial charge in [-0.2, -0.15) is 9.61 Å². The quantitative estimate of drug-likeness (QED) is 0.239. The number of benzene rings is 3. The van der Waals surface area contributed by atoms with Crippen molar-refractivity contribution in [1.82, 2.24) is 24.8 Å². The van der Waals surface area contributed by atoms with Crippen LogP contribution in [0.25, 0.3) is 37.7 Å². The highest BCUT2D eigenvalue weighted by Gasteiger charge is 2.18.